The van der Waals surface area contributed by atoms with Gasteiger partial charge in [0.2, 0.25) is 17.7 Å². The monoisotopic (exact) mass is 465 g/mol. The first-order chi connectivity index (χ1) is 16.0. The predicted molar refractivity (Wildman–Crippen MR) is 125 cm³/mol. The number of ether oxygens (including phenoxy) is 1. The molecule has 182 valence electrons. The molecule has 6 aliphatic rings. The number of nitrogens with zero attached hydrogens (tertiary/aromatic N) is 3. The maximum absolute atomic E-state index is 14.0. The van der Waals surface area contributed by atoms with Crippen LogP contribution in [0, 0.1) is 22.7 Å². The zero-order valence-electron chi connectivity index (χ0n) is 20.8. The van der Waals surface area contributed by atoms with E-state index in [2.05, 4.69) is 13.8 Å². The van der Waals surface area contributed by atoms with Crippen molar-refractivity contribution >= 4 is 17.7 Å². The van der Waals surface area contributed by atoms with Gasteiger partial charge in [0.15, 0.2) is 0 Å². The van der Waals surface area contributed by atoms with E-state index in [9.17, 15) is 14.4 Å². The lowest BCUT2D eigenvalue weighted by Gasteiger charge is -2.64. The second-order valence-electron chi connectivity index (χ2n) is 12.1. The smallest absolute Gasteiger partial charge is 0.249 e. The van der Waals surface area contributed by atoms with Gasteiger partial charge in [0, 0.05) is 33.5 Å². The van der Waals surface area contributed by atoms with E-state index < -0.39 is 16.5 Å². The highest BCUT2D eigenvalue weighted by Gasteiger charge is 2.81. The lowest BCUT2D eigenvalue weighted by molar-refractivity contribution is -0.192. The maximum Gasteiger partial charge on any atom is 0.249 e. The number of fused-ring (bicyclic) bond motifs is 1. The number of rotatable bonds is 3. The molecule has 1 unspecified atom stereocenters. The number of likely N-dealkylation sites (N-methyl/N-ethyl adjacent to an activating group) is 1. The summed E-state index contributed by atoms with van der Waals surface area (Å²) in [7, 11) is 3.75. The van der Waals surface area contributed by atoms with Crippen molar-refractivity contribution in [2.45, 2.75) is 70.4 Å². The van der Waals surface area contributed by atoms with Crippen molar-refractivity contribution in [3.05, 3.63) is 35.9 Å². The van der Waals surface area contributed by atoms with Crippen molar-refractivity contribution in [2.24, 2.45) is 22.7 Å². The molecule has 2 bridgehead atoms. The van der Waals surface area contributed by atoms with E-state index in [1.165, 1.54) is 0 Å². The standard InChI is InChI=1S/C27H35N3O4/c1-17-11-20(31)30-16-26-15-25(24(2,3)19(26)12-27(17,30)23(33)29(26)5)13-21(28(4)22(25)32)34-14-18-9-7-6-8-10-18/h6-10,17,19,21H,11-16H2,1-5H3/t17-,19-,21?,25-,26+,27+/m0/s1. The largest absolute Gasteiger partial charge is 0.354 e. The zero-order chi connectivity index (χ0) is 24.3. The molecule has 6 fully saturated rings. The Balaban J connectivity index is 1.37. The van der Waals surface area contributed by atoms with Gasteiger partial charge in [0.25, 0.3) is 0 Å². The lowest BCUT2D eigenvalue weighted by atomic mass is 9.57. The van der Waals surface area contributed by atoms with E-state index in [-0.39, 0.29) is 41.2 Å². The highest BCUT2D eigenvalue weighted by Crippen LogP contribution is 2.72. The van der Waals surface area contributed by atoms with Gasteiger partial charge >= 0.3 is 0 Å². The van der Waals surface area contributed by atoms with Crippen LogP contribution in [0.5, 0.6) is 0 Å². The van der Waals surface area contributed by atoms with Crippen molar-refractivity contribution in [2.75, 3.05) is 20.6 Å². The summed E-state index contributed by atoms with van der Waals surface area (Å²) >= 11 is 0. The van der Waals surface area contributed by atoms with Crippen LogP contribution in [-0.4, -0.2) is 70.4 Å². The summed E-state index contributed by atoms with van der Waals surface area (Å²) in [5.41, 5.74) is -1.13. The highest BCUT2D eigenvalue weighted by molar-refractivity contribution is 5.98. The van der Waals surface area contributed by atoms with Gasteiger partial charge in [0.1, 0.15) is 11.8 Å². The van der Waals surface area contributed by atoms with Gasteiger partial charge in [0.05, 0.1) is 17.6 Å². The highest BCUT2D eigenvalue weighted by atomic mass is 16.5. The Hall–Kier alpha value is -2.41. The Labute approximate surface area is 201 Å². The van der Waals surface area contributed by atoms with Gasteiger partial charge in [-0.1, -0.05) is 51.1 Å². The number of carbonyl (C=O) groups is 3. The number of piperidine rings is 2. The molecule has 6 atom stereocenters. The van der Waals surface area contributed by atoms with Crippen LogP contribution < -0.4 is 0 Å². The van der Waals surface area contributed by atoms with Crippen molar-refractivity contribution in [3.63, 3.8) is 0 Å². The van der Waals surface area contributed by atoms with Crippen molar-refractivity contribution < 1.29 is 19.1 Å². The van der Waals surface area contributed by atoms with Crippen LogP contribution in [0.15, 0.2) is 30.3 Å². The van der Waals surface area contributed by atoms with Crippen LogP contribution in [0.25, 0.3) is 0 Å². The van der Waals surface area contributed by atoms with Crippen LogP contribution in [0.1, 0.15) is 52.0 Å². The van der Waals surface area contributed by atoms with E-state index in [1.807, 2.05) is 61.2 Å². The predicted octanol–water partition coefficient (Wildman–Crippen LogP) is 2.65. The van der Waals surface area contributed by atoms with Gasteiger partial charge in [-0.25, -0.2) is 0 Å². The van der Waals surface area contributed by atoms with Crippen molar-refractivity contribution in [1.29, 1.82) is 0 Å². The van der Waals surface area contributed by atoms with Gasteiger partial charge in [-0.2, -0.15) is 0 Å². The Morgan fingerprint density at radius 2 is 1.74 bits per heavy atom. The second kappa shape index (κ2) is 6.62. The third kappa shape index (κ3) is 2.30. The fourth-order valence-electron chi connectivity index (χ4n) is 8.62. The lowest BCUT2D eigenvalue weighted by Crippen LogP contribution is -2.80. The van der Waals surface area contributed by atoms with Gasteiger partial charge in [-0.3, -0.25) is 14.4 Å². The molecular formula is C27H35N3O4. The molecule has 1 aromatic rings. The SMILES string of the molecule is C[C@H]1CC(=O)N2C[C@]34C[C@]5(CC(OCc6ccccc6)N(C)C5=O)C(C)(C)[C@@H]3C[C@]12C(=O)N4C. The van der Waals surface area contributed by atoms with E-state index in [0.29, 0.717) is 38.8 Å². The molecule has 7 nitrogen and oxygen atoms in total. The minimum absolute atomic E-state index is 0.00972. The molecule has 1 aromatic carbocycles. The average molecular weight is 466 g/mol. The summed E-state index contributed by atoms with van der Waals surface area (Å²) in [6, 6.07) is 10.0. The summed E-state index contributed by atoms with van der Waals surface area (Å²) in [4.78, 5) is 46.4. The van der Waals surface area contributed by atoms with Crippen LogP contribution in [0.4, 0.5) is 0 Å². The van der Waals surface area contributed by atoms with E-state index in [4.69, 9.17) is 4.74 Å². The van der Waals surface area contributed by atoms with E-state index in [1.54, 1.807) is 4.90 Å². The van der Waals surface area contributed by atoms with Crippen LogP contribution in [0.2, 0.25) is 0 Å². The molecule has 1 aliphatic carbocycles. The van der Waals surface area contributed by atoms with Gasteiger partial charge in [-0.15, -0.1) is 0 Å². The summed E-state index contributed by atoms with van der Waals surface area (Å²) in [6.07, 6.45) is 1.98. The van der Waals surface area contributed by atoms with Gasteiger partial charge in [-0.05, 0) is 35.7 Å². The first kappa shape index (κ1) is 22.1. The molecule has 34 heavy (non-hydrogen) atoms. The number of benzene rings is 1. The van der Waals surface area contributed by atoms with Crippen molar-refractivity contribution in [1.82, 2.24) is 14.7 Å². The summed E-state index contributed by atoms with van der Waals surface area (Å²) in [5.74, 6) is 0.407. The number of amides is 3. The number of piperazine rings is 1. The van der Waals surface area contributed by atoms with Gasteiger partial charge < -0.3 is 19.4 Å². The number of hydrogen-bond acceptors (Lipinski definition) is 4. The maximum atomic E-state index is 14.0. The fourth-order valence-corrected chi connectivity index (χ4v) is 8.62. The summed E-state index contributed by atoms with van der Waals surface area (Å²) in [5, 5.41) is 0. The molecule has 7 heteroatoms. The third-order valence-corrected chi connectivity index (χ3v) is 10.7. The zero-order valence-corrected chi connectivity index (χ0v) is 20.8. The average Bonchev–Trinajstić information content (AvgIpc) is 3.29. The minimum atomic E-state index is -0.752. The topological polar surface area (TPSA) is 70.2 Å². The Morgan fingerprint density at radius 1 is 1.03 bits per heavy atom. The summed E-state index contributed by atoms with van der Waals surface area (Å²) < 4.78 is 6.30. The second-order valence-corrected chi connectivity index (χ2v) is 12.1. The molecule has 3 spiro atoms. The van der Waals surface area contributed by atoms with Crippen LogP contribution in [0.3, 0.4) is 0 Å². The molecule has 0 radical (unpaired) electrons. The third-order valence-electron chi connectivity index (χ3n) is 10.7. The number of hydrogen-bond donors (Lipinski definition) is 0. The molecule has 5 saturated heterocycles. The molecular weight excluding hydrogens is 430 g/mol. The van der Waals surface area contributed by atoms with Crippen molar-refractivity contribution in [3.8, 4) is 0 Å². The molecule has 0 aromatic heterocycles. The molecule has 3 amide bonds. The van der Waals surface area contributed by atoms with Crippen LogP contribution >= 0.6 is 0 Å². The van der Waals surface area contributed by atoms with E-state index in [0.717, 1.165) is 5.56 Å². The molecule has 0 N–H and O–H groups in total. The Kier molecular flexibility index (Phi) is 4.30. The van der Waals surface area contributed by atoms with E-state index >= 15 is 0 Å². The fraction of sp³-hybridized carbons (Fsp3) is 0.667. The molecule has 7 rings (SSSR count). The molecule has 1 saturated carbocycles. The quantitative estimate of drug-likeness (QED) is 0.688. The normalized spacial score (nSPS) is 42.2. The number of likely N-dealkylation sites (tertiary alicyclic amines) is 1. The van der Waals surface area contributed by atoms with Crippen LogP contribution in [-0.2, 0) is 25.7 Å². The molecule has 5 heterocycles. The Bertz CT molecular complexity index is 1090. The first-order valence-electron chi connectivity index (χ1n) is 12.5. The summed E-state index contributed by atoms with van der Waals surface area (Å²) in [6.45, 7) is 7.48. The Morgan fingerprint density at radius 3 is 2.44 bits per heavy atom. The molecule has 5 aliphatic heterocycles. The minimum Gasteiger partial charge on any atom is -0.354 e. The first-order valence-corrected chi connectivity index (χ1v) is 12.5. The number of carbonyl (C=O) groups excluding carboxylic acids is 3.